The van der Waals surface area contributed by atoms with Gasteiger partial charge in [0.2, 0.25) is 0 Å². The van der Waals surface area contributed by atoms with Crippen LogP contribution in [0.3, 0.4) is 0 Å². The molecule has 2 nitrogen and oxygen atoms in total. The van der Waals surface area contributed by atoms with Gasteiger partial charge in [0.05, 0.1) is 11.4 Å². The average molecular weight is 640 g/mol. The van der Waals surface area contributed by atoms with Gasteiger partial charge >= 0.3 is 0 Å². The molecule has 0 radical (unpaired) electrons. The van der Waals surface area contributed by atoms with E-state index in [2.05, 4.69) is 199 Å². The van der Waals surface area contributed by atoms with Gasteiger partial charge in [-0.25, -0.2) is 0 Å². The number of anilines is 3. The van der Waals surface area contributed by atoms with Gasteiger partial charge in [-0.15, -0.1) is 0 Å². The monoisotopic (exact) mass is 639 g/mol. The highest BCUT2D eigenvalue weighted by Gasteiger charge is 2.24. The summed E-state index contributed by atoms with van der Waals surface area (Å²) in [7, 11) is 0. The van der Waals surface area contributed by atoms with Gasteiger partial charge in [-0.2, -0.15) is 0 Å². The van der Waals surface area contributed by atoms with E-state index in [4.69, 9.17) is 4.42 Å². The number of para-hydroxylation sites is 2. The SMILES string of the molecule is c1ccc(-c2ccc(-c3c(N(c4ccc(-c5ccccc5)cc4)c4ccccc4-c4ccccc4)ccc4c3oc3ccccc34)cc2)cc1. The van der Waals surface area contributed by atoms with E-state index in [0.717, 1.165) is 61.3 Å². The largest absolute Gasteiger partial charge is 0.455 e. The highest BCUT2D eigenvalue weighted by atomic mass is 16.3. The third-order valence-electron chi connectivity index (χ3n) is 9.51. The Balaban J connectivity index is 1.31. The average Bonchev–Trinajstić information content (AvgIpc) is 3.58. The van der Waals surface area contributed by atoms with E-state index in [1.165, 1.54) is 22.3 Å². The van der Waals surface area contributed by atoms with Crippen LogP contribution in [-0.2, 0) is 0 Å². The number of fused-ring (bicyclic) bond motifs is 3. The highest BCUT2D eigenvalue weighted by molar-refractivity contribution is 6.13. The lowest BCUT2D eigenvalue weighted by atomic mass is 9.95. The molecule has 236 valence electrons. The quantitative estimate of drug-likeness (QED) is 0.173. The lowest BCUT2D eigenvalue weighted by Gasteiger charge is -2.30. The molecule has 0 spiro atoms. The fraction of sp³-hybridized carbons (Fsp3) is 0. The molecular formula is C48H33NO. The summed E-state index contributed by atoms with van der Waals surface area (Å²) in [5.41, 5.74) is 14.1. The Labute approximate surface area is 292 Å². The Kier molecular flexibility index (Phi) is 7.53. The first-order valence-electron chi connectivity index (χ1n) is 17.0. The summed E-state index contributed by atoms with van der Waals surface area (Å²) in [6, 6.07) is 71.0. The minimum absolute atomic E-state index is 0.874. The fourth-order valence-electron chi connectivity index (χ4n) is 7.08. The van der Waals surface area contributed by atoms with Crippen molar-refractivity contribution in [1.29, 1.82) is 0 Å². The Morgan fingerprint density at radius 2 is 0.820 bits per heavy atom. The third-order valence-corrected chi connectivity index (χ3v) is 9.51. The Bertz CT molecular complexity index is 2550. The van der Waals surface area contributed by atoms with Gasteiger partial charge in [-0.1, -0.05) is 164 Å². The Morgan fingerprint density at radius 1 is 0.320 bits per heavy atom. The summed E-state index contributed by atoms with van der Waals surface area (Å²) < 4.78 is 6.78. The molecule has 0 aliphatic carbocycles. The molecule has 0 atom stereocenters. The summed E-state index contributed by atoms with van der Waals surface area (Å²) in [6.45, 7) is 0. The third kappa shape index (κ3) is 5.34. The van der Waals surface area contributed by atoms with Crippen LogP contribution in [0, 0.1) is 0 Å². The van der Waals surface area contributed by atoms with Crippen LogP contribution in [-0.4, -0.2) is 0 Å². The van der Waals surface area contributed by atoms with Gasteiger partial charge in [-0.05, 0) is 69.8 Å². The van der Waals surface area contributed by atoms with Crippen LogP contribution in [0.2, 0.25) is 0 Å². The smallest absolute Gasteiger partial charge is 0.145 e. The van der Waals surface area contributed by atoms with Crippen LogP contribution in [0.5, 0.6) is 0 Å². The van der Waals surface area contributed by atoms with Crippen molar-refractivity contribution in [3.8, 4) is 44.5 Å². The van der Waals surface area contributed by atoms with E-state index in [1.807, 2.05) is 6.07 Å². The number of furan rings is 1. The molecule has 50 heavy (non-hydrogen) atoms. The predicted octanol–water partition coefficient (Wildman–Crippen LogP) is 13.7. The zero-order chi connectivity index (χ0) is 33.3. The molecule has 0 bridgehead atoms. The number of rotatable bonds is 7. The van der Waals surface area contributed by atoms with Gasteiger partial charge in [0.15, 0.2) is 0 Å². The van der Waals surface area contributed by atoms with Gasteiger partial charge in [-0.3, -0.25) is 0 Å². The van der Waals surface area contributed by atoms with Crippen LogP contribution in [0.25, 0.3) is 66.4 Å². The number of nitrogens with zero attached hydrogens (tertiary/aromatic N) is 1. The standard InChI is InChI=1S/C48H33NO/c1-4-14-34(15-5-1)36-24-26-39(27-25-36)47-45(33-32-43-42-21-11-13-23-46(42)50-48(43)47)49(40-30-28-37(29-31-40)35-16-6-2-7-17-35)44-22-12-10-20-41(44)38-18-8-3-9-19-38/h1-33H. The van der Waals surface area contributed by atoms with E-state index < -0.39 is 0 Å². The zero-order valence-electron chi connectivity index (χ0n) is 27.4. The van der Waals surface area contributed by atoms with Crippen molar-refractivity contribution in [3.05, 3.63) is 200 Å². The van der Waals surface area contributed by atoms with Crippen LogP contribution in [0.1, 0.15) is 0 Å². The first-order chi connectivity index (χ1) is 24.8. The van der Waals surface area contributed by atoms with Gasteiger partial charge in [0.1, 0.15) is 11.2 Å². The Morgan fingerprint density at radius 3 is 1.48 bits per heavy atom. The molecule has 9 aromatic rings. The zero-order valence-corrected chi connectivity index (χ0v) is 27.4. The van der Waals surface area contributed by atoms with Crippen LogP contribution < -0.4 is 4.90 Å². The van der Waals surface area contributed by atoms with Crippen molar-refractivity contribution in [2.24, 2.45) is 0 Å². The van der Waals surface area contributed by atoms with Crippen molar-refractivity contribution in [1.82, 2.24) is 0 Å². The molecule has 0 amide bonds. The maximum absolute atomic E-state index is 6.78. The summed E-state index contributed by atoms with van der Waals surface area (Å²) in [6.07, 6.45) is 0. The molecule has 1 heterocycles. The lowest BCUT2D eigenvalue weighted by Crippen LogP contribution is -2.12. The molecule has 0 aliphatic heterocycles. The maximum atomic E-state index is 6.78. The second kappa shape index (κ2) is 12.8. The number of hydrogen-bond donors (Lipinski definition) is 0. The van der Waals surface area contributed by atoms with E-state index in [0.29, 0.717) is 0 Å². The summed E-state index contributed by atoms with van der Waals surface area (Å²) in [5.74, 6) is 0. The van der Waals surface area contributed by atoms with Crippen molar-refractivity contribution in [3.63, 3.8) is 0 Å². The topological polar surface area (TPSA) is 16.4 Å². The summed E-state index contributed by atoms with van der Waals surface area (Å²) >= 11 is 0. The molecule has 0 saturated carbocycles. The van der Waals surface area contributed by atoms with Gasteiger partial charge in [0, 0.05) is 27.6 Å². The number of hydrogen-bond acceptors (Lipinski definition) is 2. The summed E-state index contributed by atoms with van der Waals surface area (Å²) in [4.78, 5) is 2.39. The minimum Gasteiger partial charge on any atom is -0.455 e. The van der Waals surface area contributed by atoms with Crippen molar-refractivity contribution < 1.29 is 4.42 Å². The van der Waals surface area contributed by atoms with E-state index in [-0.39, 0.29) is 0 Å². The van der Waals surface area contributed by atoms with Crippen molar-refractivity contribution in [2.45, 2.75) is 0 Å². The second-order valence-corrected chi connectivity index (χ2v) is 12.5. The van der Waals surface area contributed by atoms with Crippen molar-refractivity contribution in [2.75, 3.05) is 4.90 Å². The fourth-order valence-corrected chi connectivity index (χ4v) is 7.08. The van der Waals surface area contributed by atoms with Crippen LogP contribution in [0.15, 0.2) is 205 Å². The first kappa shape index (κ1) is 29.5. The molecule has 1 aromatic heterocycles. The molecule has 0 fully saturated rings. The molecule has 0 N–H and O–H groups in total. The number of benzene rings is 8. The molecular weight excluding hydrogens is 607 g/mol. The molecule has 0 saturated heterocycles. The van der Waals surface area contributed by atoms with Gasteiger partial charge in [0.25, 0.3) is 0 Å². The lowest BCUT2D eigenvalue weighted by molar-refractivity contribution is 0.670. The molecule has 0 aliphatic rings. The normalized spacial score (nSPS) is 11.2. The molecule has 0 unspecified atom stereocenters. The first-order valence-corrected chi connectivity index (χ1v) is 17.0. The van der Waals surface area contributed by atoms with Crippen LogP contribution in [0.4, 0.5) is 17.1 Å². The highest BCUT2D eigenvalue weighted by Crippen LogP contribution is 2.48. The minimum atomic E-state index is 0.874. The van der Waals surface area contributed by atoms with Crippen molar-refractivity contribution >= 4 is 39.0 Å². The van der Waals surface area contributed by atoms with E-state index >= 15 is 0 Å². The molecule has 8 aromatic carbocycles. The predicted molar refractivity (Wildman–Crippen MR) is 210 cm³/mol. The maximum Gasteiger partial charge on any atom is 0.145 e. The van der Waals surface area contributed by atoms with E-state index in [1.54, 1.807) is 0 Å². The summed E-state index contributed by atoms with van der Waals surface area (Å²) in [5, 5.41) is 2.21. The Hall–Kier alpha value is -6.64. The molecule has 2 heteroatoms. The van der Waals surface area contributed by atoms with Gasteiger partial charge < -0.3 is 9.32 Å². The van der Waals surface area contributed by atoms with Crippen LogP contribution >= 0.6 is 0 Å². The second-order valence-electron chi connectivity index (χ2n) is 12.5. The molecule has 9 rings (SSSR count). The van der Waals surface area contributed by atoms with E-state index in [9.17, 15) is 0 Å².